The molecule has 0 spiro atoms. The molecule has 1 aliphatic rings. The molecule has 160 valence electrons. The normalized spacial score (nSPS) is 13.7. The van der Waals surface area contributed by atoms with Crippen molar-refractivity contribution in [3.8, 4) is 17.0 Å². The highest BCUT2D eigenvalue weighted by Gasteiger charge is 2.13. The van der Waals surface area contributed by atoms with Crippen LogP contribution in [-0.2, 0) is 4.79 Å². The molecule has 1 N–H and O–H groups in total. The zero-order valence-corrected chi connectivity index (χ0v) is 16.9. The number of halogens is 2. The van der Waals surface area contributed by atoms with Crippen LogP contribution < -0.4 is 15.0 Å². The molecule has 8 heteroatoms. The second kappa shape index (κ2) is 9.51. The van der Waals surface area contributed by atoms with E-state index in [4.69, 9.17) is 4.74 Å². The van der Waals surface area contributed by atoms with E-state index in [1.807, 2.05) is 18.2 Å². The van der Waals surface area contributed by atoms with E-state index < -0.39 is 24.1 Å². The van der Waals surface area contributed by atoms with Gasteiger partial charge in [0.05, 0.1) is 5.69 Å². The van der Waals surface area contributed by atoms with Crippen molar-refractivity contribution in [2.24, 2.45) is 0 Å². The first-order valence-electron chi connectivity index (χ1n) is 10.2. The molecule has 1 aliphatic heterocycles. The molecule has 0 bridgehead atoms. The van der Waals surface area contributed by atoms with Gasteiger partial charge in [0.2, 0.25) is 0 Å². The Balaban J connectivity index is 1.38. The zero-order valence-electron chi connectivity index (χ0n) is 16.9. The van der Waals surface area contributed by atoms with Crippen LogP contribution in [0.4, 0.5) is 20.3 Å². The Morgan fingerprint density at radius 1 is 1.00 bits per heavy atom. The van der Waals surface area contributed by atoms with Gasteiger partial charge in [-0.25, -0.2) is 8.78 Å². The summed E-state index contributed by atoms with van der Waals surface area (Å²) in [5.74, 6) is -1.35. The van der Waals surface area contributed by atoms with Gasteiger partial charge >= 0.3 is 0 Å². The molecule has 0 radical (unpaired) electrons. The number of hydrogen-bond donors (Lipinski definition) is 1. The summed E-state index contributed by atoms with van der Waals surface area (Å²) < 4.78 is 31.7. The summed E-state index contributed by atoms with van der Waals surface area (Å²) in [6, 6.07) is 14.0. The first kappa shape index (κ1) is 20.7. The number of carbonyl (C=O) groups is 1. The predicted molar refractivity (Wildman–Crippen MR) is 114 cm³/mol. The minimum absolute atomic E-state index is 0.186. The molecule has 3 aromatic rings. The Bertz CT molecular complexity index is 1050. The Hall–Kier alpha value is -3.55. The minimum Gasteiger partial charge on any atom is -0.481 e. The van der Waals surface area contributed by atoms with Gasteiger partial charge in [-0.3, -0.25) is 4.79 Å². The lowest BCUT2D eigenvalue weighted by molar-refractivity contribution is -0.118. The van der Waals surface area contributed by atoms with E-state index in [1.165, 1.54) is 19.3 Å². The molecule has 0 aliphatic carbocycles. The predicted octanol–water partition coefficient (Wildman–Crippen LogP) is 4.43. The molecule has 6 nitrogen and oxygen atoms in total. The molecule has 31 heavy (non-hydrogen) atoms. The molecule has 1 amide bonds. The second-order valence-corrected chi connectivity index (χ2v) is 7.32. The van der Waals surface area contributed by atoms with Crippen LogP contribution in [0.5, 0.6) is 5.75 Å². The van der Waals surface area contributed by atoms with Crippen LogP contribution in [0, 0.1) is 11.6 Å². The van der Waals surface area contributed by atoms with Crippen molar-refractivity contribution in [3.63, 3.8) is 0 Å². The lowest BCUT2D eigenvalue weighted by Gasteiger charge is -2.27. The molecule has 0 saturated carbocycles. The molecule has 1 fully saturated rings. The fourth-order valence-electron chi connectivity index (χ4n) is 3.46. The monoisotopic (exact) mass is 424 g/mol. The van der Waals surface area contributed by atoms with Gasteiger partial charge in [-0.2, -0.15) is 0 Å². The topological polar surface area (TPSA) is 67.3 Å². The van der Waals surface area contributed by atoms with E-state index in [0.717, 1.165) is 36.6 Å². The van der Waals surface area contributed by atoms with Crippen LogP contribution in [-0.4, -0.2) is 35.8 Å². The quantitative estimate of drug-likeness (QED) is 0.634. The van der Waals surface area contributed by atoms with E-state index in [2.05, 4.69) is 20.4 Å². The van der Waals surface area contributed by atoms with Gasteiger partial charge in [-0.1, -0.05) is 12.1 Å². The first-order valence-corrected chi connectivity index (χ1v) is 10.2. The molecule has 2 aromatic carbocycles. The number of anilines is 2. The Kier molecular flexibility index (Phi) is 6.35. The van der Waals surface area contributed by atoms with Gasteiger partial charge < -0.3 is 15.0 Å². The molecule has 0 unspecified atom stereocenters. The molecular weight excluding hydrogens is 402 g/mol. The van der Waals surface area contributed by atoms with Crippen molar-refractivity contribution in [2.75, 3.05) is 29.9 Å². The lowest BCUT2D eigenvalue weighted by Crippen LogP contribution is -2.30. The fraction of sp³-hybridized carbons (Fsp3) is 0.261. The van der Waals surface area contributed by atoms with Crippen LogP contribution in [0.15, 0.2) is 54.6 Å². The highest BCUT2D eigenvalue weighted by atomic mass is 19.1. The summed E-state index contributed by atoms with van der Waals surface area (Å²) in [6.45, 7) is 1.59. The summed E-state index contributed by atoms with van der Waals surface area (Å²) in [5.41, 5.74) is 2.05. The maximum Gasteiger partial charge on any atom is 0.262 e. The number of benzene rings is 2. The molecule has 1 saturated heterocycles. The molecular formula is C23H22F2N4O2. The van der Waals surface area contributed by atoms with Crippen molar-refractivity contribution in [1.29, 1.82) is 0 Å². The Labute approximate surface area is 178 Å². The SMILES string of the molecule is O=C(COc1ccc(F)cc1F)Nc1cccc(-c2ccc(N3CCCCC3)nn2)c1. The maximum atomic E-state index is 13.6. The number of aromatic nitrogens is 2. The van der Waals surface area contributed by atoms with Crippen LogP contribution in [0.1, 0.15) is 19.3 Å². The van der Waals surface area contributed by atoms with E-state index in [0.29, 0.717) is 17.4 Å². The number of amides is 1. The number of rotatable bonds is 6. The van der Waals surface area contributed by atoms with Crippen molar-refractivity contribution >= 4 is 17.4 Å². The number of nitrogens with zero attached hydrogens (tertiary/aromatic N) is 3. The molecule has 4 rings (SSSR count). The van der Waals surface area contributed by atoms with E-state index in [9.17, 15) is 13.6 Å². The van der Waals surface area contributed by atoms with Crippen LogP contribution in [0.3, 0.4) is 0 Å². The van der Waals surface area contributed by atoms with Gasteiger partial charge in [-0.05, 0) is 55.7 Å². The van der Waals surface area contributed by atoms with Crippen LogP contribution in [0.25, 0.3) is 11.3 Å². The lowest BCUT2D eigenvalue weighted by atomic mass is 10.1. The van der Waals surface area contributed by atoms with Gasteiger partial charge in [0.25, 0.3) is 5.91 Å². The van der Waals surface area contributed by atoms with E-state index >= 15 is 0 Å². The first-order chi connectivity index (χ1) is 15.1. The summed E-state index contributed by atoms with van der Waals surface area (Å²) >= 11 is 0. The number of ether oxygens (including phenoxy) is 1. The third-order valence-corrected chi connectivity index (χ3v) is 5.03. The fourth-order valence-corrected chi connectivity index (χ4v) is 3.46. The third kappa shape index (κ3) is 5.33. The molecule has 0 atom stereocenters. The van der Waals surface area contributed by atoms with Crippen molar-refractivity contribution < 1.29 is 18.3 Å². The van der Waals surface area contributed by atoms with Crippen molar-refractivity contribution in [3.05, 3.63) is 66.2 Å². The van der Waals surface area contributed by atoms with Crippen LogP contribution >= 0.6 is 0 Å². The third-order valence-electron chi connectivity index (χ3n) is 5.03. The van der Waals surface area contributed by atoms with Gasteiger partial charge in [0.1, 0.15) is 5.82 Å². The smallest absolute Gasteiger partial charge is 0.262 e. The average molecular weight is 424 g/mol. The summed E-state index contributed by atoms with van der Waals surface area (Å²) in [5, 5.41) is 11.4. The van der Waals surface area contributed by atoms with Gasteiger partial charge in [-0.15, -0.1) is 10.2 Å². The largest absolute Gasteiger partial charge is 0.481 e. The molecule has 2 heterocycles. The zero-order chi connectivity index (χ0) is 21.6. The van der Waals surface area contributed by atoms with E-state index in [1.54, 1.807) is 18.2 Å². The number of carbonyl (C=O) groups excluding carboxylic acids is 1. The summed E-state index contributed by atoms with van der Waals surface area (Å²) in [6.07, 6.45) is 3.59. The average Bonchev–Trinajstić information content (AvgIpc) is 2.79. The van der Waals surface area contributed by atoms with Crippen LogP contribution in [0.2, 0.25) is 0 Å². The van der Waals surface area contributed by atoms with Crippen molar-refractivity contribution in [2.45, 2.75) is 19.3 Å². The van der Waals surface area contributed by atoms with E-state index in [-0.39, 0.29) is 5.75 Å². The Morgan fingerprint density at radius 3 is 2.58 bits per heavy atom. The maximum absolute atomic E-state index is 13.6. The highest BCUT2D eigenvalue weighted by molar-refractivity contribution is 5.92. The number of nitrogens with one attached hydrogen (secondary N) is 1. The second-order valence-electron chi connectivity index (χ2n) is 7.32. The summed E-state index contributed by atoms with van der Waals surface area (Å²) in [7, 11) is 0. The molecule has 1 aromatic heterocycles. The number of piperidine rings is 1. The number of hydrogen-bond acceptors (Lipinski definition) is 5. The van der Waals surface area contributed by atoms with Gasteiger partial charge in [0, 0.05) is 30.4 Å². The van der Waals surface area contributed by atoms with Gasteiger partial charge in [0.15, 0.2) is 24.0 Å². The van der Waals surface area contributed by atoms with Crippen molar-refractivity contribution in [1.82, 2.24) is 10.2 Å². The Morgan fingerprint density at radius 2 is 1.84 bits per heavy atom. The standard InChI is InChI=1S/C23H22F2N4O2/c24-17-7-9-21(19(25)14-17)31-15-23(30)26-18-6-4-5-16(13-18)20-8-10-22(28-27-20)29-11-2-1-3-12-29/h4-10,13-14H,1-3,11-12,15H2,(H,26,30). The highest BCUT2D eigenvalue weighted by Crippen LogP contribution is 2.23. The minimum atomic E-state index is -0.860. The summed E-state index contributed by atoms with van der Waals surface area (Å²) in [4.78, 5) is 14.4.